The number of rotatable bonds is 5. The molecule has 0 bridgehead atoms. The quantitative estimate of drug-likeness (QED) is 0.249. The molecule has 0 unspecified atom stereocenters. The monoisotopic (exact) mass is 228 g/mol. The number of ether oxygens (including phenoxy) is 1. The lowest BCUT2D eigenvalue weighted by atomic mass is 10.3. The summed E-state index contributed by atoms with van der Waals surface area (Å²) >= 11 is 0.639. The Kier molecular flexibility index (Phi) is 3.20. The van der Waals surface area contributed by atoms with Crippen molar-refractivity contribution in [1.82, 2.24) is 0 Å². The van der Waals surface area contributed by atoms with Crippen LogP contribution in [0.4, 0.5) is 5.69 Å². The summed E-state index contributed by atoms with van der Waals surface area (Å²) in [6.07, 6.45) is 0.219. The molecule has 1 fully saturated rings. The van der Waals surface area contributed by atoms with Crippen LogP contribution in [-0.2, 0) is 21.0 Å². The van der Waals surface area contributed by atoms with Gasteiger partial charge in [-0.2, -0.15) is 4.18 Å². The van der Waals surface area contributed by atoms with Crippen molar-refractivity contribution in [2.75, 3.05) is 13.2 Å². The van der Waals surface area contributed by atoms with Gasteiger partial charge in [-0.05, 0) is 6.07 Å². The summed E-state index contributed by atoms with van der Waals surface area (Å²) in [6.45, 7) is 1.30. The summed E-state index contributed by atoms with van der Waals surface area (Å²) < 4.78 is 10.3. The molecule has 1 aromatic carbocycles. The molecule has 6 heteroatoms. The first-order valence-electron chi connectivity index (χ1n) is 4.45. The molecule has 2 rings (SSSR count). The standard InChI is InChI=1S/C9H9NO4S/c11-10(12)7-2-1-3-9(4-7)15-14-6-8-5-13-8/h1-4,8H,5-6H2/p+1/t8-/m0/s1. The molecule has 0 amide bonds. The molecule has 0 aromatic heterocycles. The number of hydrogen-bond donors (Lipinski definition) is 0. The average Bonchev–Trinajstić information content (AvgIpc) is 3.02. The second kappa shape index (κ2) is 4.61. The van der Waals surface area contributed by atoms with Gasteiger partial charge in [0, 0.05) is 6.07 Å². The summed E-state index contributed by atoms with van der Waals surface area (Å²) in [5.41, 5.74) is 0.0891. The molecule has 1 heterocycles. The molecule has 1 atom stereocenters. The lowest BCUT2D eigenvalue weighted by Crippen LogP contribution is -2.00. The SMILES string of the molecule is O=[N+]([O-])c1cccc([SH+]OC[C@@H]2CO2)c1. The van der Waals surface area contributed by atoms with Gasteiger partial charge >= 0.3 is 0 Å². The molecular formula is C9H10NO4S+. The van der Waals surface area contributed by atoms with Gasteiger partial charge < -0.3 is 4.74 Å². The number of benzene rings is 1. The van der Waals surface area contributed by atoms with Crippen molar-refractivity contribution < 1.29 is 13.8 Å². The maximum absolute atomic E-state index is 10.5. The molecule has 15 heavy (non-hydrogen) atoms. The lowest BCUT2D eigenvalue weighted by molar-refractivity contribution is -0.385. The molecule has 1 aliphatic heterocycles. The minimum atomic E-state index is -0.414. The van der Waals surface area contributed by atoms with E-state index in [-0.39, 0.29) is 11.8 Å². The summed E-state index contributed by atoms with van der Waals surface area (Å²) in [6, 6.07) is 6.41. The molecular weight excluding hydrogens is 218 g/mol. The molecule has 0 aliphatic carbocycles. The third-order valence-corrected chi connectivity index (χ3v) is 2.64. The van der Waals surface area contributed by atoms with Gasteiger partial charge in [-0.25, -0.2) is 0 Å². The predicted molar refractivity (Wildman–Crippen MR) is 55.8 cm³/mol. The molecule has 0 spiro atoms. The van der Waals surface area contributed by atoms with Gasteiger partial charge in [-0.3, -0.25) is 10.1 Å². The molecule has 1 saturated heterocycles. The molecule has 0 saturated carbocycles. The van der Waals surface area contributed by atoms with Crippen molar-refractivity contribution in [1.29, 1.82) is 0 Å². The number of non-ortho nitro benzene ring substituents is 1. The van der Waals surface area contributed by atoms with E-state index in [2.05, 4.69) is 0 Å². The van der Waals surface area contributed by atoms with E-state index in [0.29, 0.717) is 18.6 Å². The van der Waals surface area contributed by atoms with Gasteiger partial charge in [0.2, 0.25) is 0 Å². The van der Waals surface area contributed by atoms with Crippen molar-refractivity contribution in [2.45, 2.75) is 11.0 Å². The van der Waals surface area contributed by atoms with Crippen LogP contribution in [-0.4, -0.2) is 24.2 Å². The highest BCUT2D eigenvalue weighted by Gasteiger charge is 2.25. The van der Waals surface area contributed by atoms with E-state index < -0.39 is 4.92 Å². The smallest absolute Gasteiger partial charge is 0.274 e. The van der Waals surface area contributed by atoms with Gasteiger partial charge in [0.15, 0.2) is 16.9 Å². The first-order chi connectivity index (χ1) is 7.25. The summed E-state index contributed by atoms with van der Waals surface area (Å²) in [4.78, 5) is 10.9. The zero-order valence-electron chi connectivity index (χ0n) is 7.83. The van der Waals surface area contributed by atoms with E-state index in [1.807, 2.05) is 0 Å². The summed E-state index contributed by atoms with van der Waals surface area (Å²) in [5, 5.41) is 10.5. The van der Waals surface area contributed by atoms with Crippen LogP contribution in [0.2, 0.25) is 0 Å². The Bertz CT molecular complexity index is 367. The van der Waals surface area contributed by atoms with Gasteiger partial charge in [0.1, 0.15) is 12.7 Å². The van der Waals surface area contributed by atoms with E-state index >= 15 is 0 Å². The largest absolute Gasteiger partial charge is 0.370 e. The Morgan fingerprint density at radius 3 is 3.13 bits per heavy atom. The van der Waals surface area contributed by atoms with Crippen LogP contribution in [0.3, 0.4) is 0 Å². The number of epoxide rings is 1. The topological polar surface area (TPSA) is 64.9 Å². The van der Waals surface area contributed by atoms with Crippen LogP contribution in [0.1, 0.15) is 0 Å². The summed E-state index contributed by atoms with van der Waals surface area (Å²) in [7, 11) is 0. The van der Waals surface area contributed by atoms with Crippen molar-refractivity contribution >= 4 is 17.7 Å². The normalized spacial score (nSPS) is 18.8. The number of nitro benzene ring substituents is 1. The van der Waals surface area contributed by atoms with Crippen LogP contribution in [0, 0.1) is 10.1 Å². The van der Waals surface area contributed by atoms with Crippen LogP contribution in [0.25, 0.3) is 0 Å². The van der Waals surface area contributed by atoms with Gasteiger partial charge in [-0.1, -0.05) is 6.07 Å². The third-order valence-electron chi connectivity index (χ3n) is 1.87. The Morgan fingerprint density at radius 1 is 1.67 bits per heavy atom. The van der Waals surface area contributed by atoms with Crippen molar-refractivity contribution in [2.24, 2.45) is 0 Å². The maximum Gasteiger partial charge on any atom is 0.274 e. The van der Waals surface area contributed by atoms with E-state index in [1.54, 1.807) is 12.1 Å². The van der Waals surface area contributed by atoms with Gasteiger partial charge in [-0.15, -0.1) is 0 Å². The predicted octanol–water partition coefficient (Wildman–Crippen LogP) is 1.10. The number of thiol groups is 1. The van der Waals surface area contributed by atoms with Crippen LogP contribution in [0.15, 0.2) is 29.2 Å². The molecule has 80 valence electrons. The Morgan fingerprint density at radius 2 is 2.47 bits per heavy atom. The minimum absolute atomic E-state index is 0.0891. The van der Waals surface area contributed by atoms with Crippen molar-refractivity contribution in [3.8, 4) is 0 Å². The number of hydrogen-bond acceptors (Lipinski definition) is 4. The fraction of sp³-hybridized carbons (Fsp3) is 0.333. The molecule has 1 aromatic rings. The molecule has 0 radical (unpaired) electrons. The highest BCUT2D eigenvalue weighted by molar-refractivity contribution is 7.73. The molecule has 0 N–H and O–H groups in total. The second-order valence-electron chi connectivity index (χ2n) is 3.12. The fourth-order valence-electron chi connectivity index (χ4n) is 1.02. The van der Waals surface area contributed by atoms with E-state index in [0.717, 1.165) is 11.5 Å². The van der Waals surface area contributed by atoms with E-state index in [4.69, 9.17) is 8.92 Å². The van der Waals surface area contributed by atoms with Gasteiger partial charge in [0.05, 0.1) is 17.6 Å². The molecule has 1 aliphatic rings. The Hall–Kier alpha value is -1.11. The van der Waals surface area contributed by atoms with E-state index in [9.17, 15) is 10.1 Å². The zero-order chi connectivity index (χ0) is 10.7. The van der Waals surface area contributed by atoms with Crippen molar-refractivity contribution in [3.63, 3.8) is 0 Å². The van der Waals surface area contributed by atoms with Crippen LogP contribution < -0.4 is 0 Å². The number of nitrogens with zero attached hydrogens (tertiary/aromatic N) is 1. The summed E-state index contributed by atoms with van der Waals surface area (Å²) in [5.74, 6) is 0. The van der Waals surface area contributed by atoms with E-state index in [1.165, 1.54) is 12.1 Å². The maximum atomic E-state index is 10.5. The minimum Gasteiger partial charge on any atom is -0.370 e. The average molecular weight is 228 g/mol. The van der Waals surface area contributed by atoms with Crippen LogP contribution >= 0.6 is 0 Å². The Labute approximate surface area is 90.7 Å². The van der Waals surface area contributed by atoms with Crippen molar-refractivity contribution in [3.05, 3.63) is 34.4 Å². The van der Waals surface area contributed by atoms with Gasteiger partial charge in [0.25, 0.3) is 5.69 Å². The third kappa shape index (κ3) is 3.19. The highest BCUT2D eigenvalue weighted by atomic mass is 32.2. The molecule has 5 nitrogen and oxygen atoms in total. The Balaban J connectivity index is 1.88. The first-order valence-corrected chi connectivity index (χ1v) is 5.26. The number of nitro groups is 1. The fourth-order valence-corrected chi connectivity index (χ4v) is 1.74. The van der Waals surface area contributed by atoms with Crippen LogP contribution in [0.5, 0.6) is 0 Å². The lowest BCUT2D eigenvalue weighted by Gasteiger charge is -1.92. The zero-order valence-corrected chi connectivity index (χ0v) is 8.72. The second-order valence-corrected chi connectivity index (χ2v) is 4.08. The highest BCUT2D eigenvalue weighted by Crippen LogP contribution is 2.16. The first kappa shape index (κ1) is 10.4.